The standard InChI is InChI=1S/C6H14.C5H8N2.C4H10.C2H4O.C2H6/c1-4-5-6(2)3;1-2-5-3-6-7-4-5;1-4(2)3;1-2-3;1-2/h6H,4-5H2,1-3H3;3-4H,2H2,1H3,(H,6,7);4H,1-3H3;2H,1H3;1-2H3. The van der Waals surface area contributed by atoms with Crippen molar-refractivity contribution in [2.75, 3.05) is 0 Å². The molecule has 134 valence electrons. The fraction of sp³-hybridized carbons (Fsp3) is 0.789. The molecule has 22 heavy (non-hydrogen) atoms. The van der Waals surface area contributed by atoms with Crippen LogP contribution in [0.15, 0.2) is 12.4 Å². The van der Waals surface area contributed by atoms with Crippen molar-refractivity contribution in [2.24, 2.45) is 11.8 Å². The molecule has 0 radical (unpaired) electrons. The van der Waals surface area contributed by atoms with Crippen LogP contribution in [-0.2, 0) is 11.2 Å². The van der Waals surface area contributed by atoms with Crippen LogP contribution in [0.1, 0.15) is 87.6 Å². The molecule has 0 fully saturated rings. The molecule has 1 aromatic heterocycles. The van der Waals surface area contributed by atoms with E-state index in [0.29, 0.717) is 0 Å². The lowest BCUT2D eigenvalue weighted by molar-refractivity contribution is -0.106. The van der Waals surface area contributed by atoms with Gasteiger partial charge in [0.2, 0.25) is 0 Å². The van der Waals surface area contributed by atoms with Crippen LogP contribution < -0.4 is 0 Å². The van der Waals surface area contributed by atoms with Crippen LogP contribution in [0.4, 0.5) is 0 Å². The smallest absolute Gasteiger partial charge is 0.116 e. The summed E-state index contributed by atoms with van der Waals surface area (Å²) in [5, 5.41) is 6.50. The molecule has 0 atom stereocenters. The highest BCUT2D eigenvalue weighted by Gasteiger charge is 1.85. The van der Waals surface area contributed by atoms with E-state index in [0.717, 1.165) is 24.5 Å². The number of aldehydes is 1. The Hall–Kier alpha value is -1.12. The predicted molar refractivity (Wildman–Crippen MR) is 101 cm³/mol. The van der Waals surface area contributed by atoms with Gasteiger partial charge < -0.3 is 4.79 Å². The Morgan fingerprint density at radius 1 is 1.14 bits per heavy atom. The van der Waals surface area contributed by atoms with Gasteiger partial charge >= 0.3 is 0 Å². The van der Waals surface area contributed by atoms with Gasteiger partial charge in [-0.1, -0.05) is 75.2 Å². The summed E-state index contributed by atoms with van der Waals surface area (Å²) in [6.45, 7) is 20.8. The molecule has 1 heterocycles. The SMILES string of the molecule is CC.CC(C)C.CC=O.CCCC(C)C.CCc1cn[nH]c1. The van der Waals surface area contributed by atoms with E-state index >= 15 is 0 Å². The van der Waals surface area contributed by atoms with E-state index in [1.54, 1.807) is 0 Å². The van der Waals surface area contributed by atoms with Crippen molar-refractivity contribution in [2.45, 2.75) is 88.5 Å². The first-order chi connectivity index (χ1) is 10.3. The van der Waals surface area contributed by atoms with Gasteiger partial charge in [0.25, 0.3) is 0 Å². The molecule has 1 N–H and O–H groups in total. The van der Waals surface area contributed by atoms with E-state index in [2.05, 4.69) is 58.7 Å². The summed E-state index contributed by atoms with van der Waals surface area (Å²) in [6, 6.07) is 0. The van der Waals surface area contributed by atoms with E-state index in [9.17, 15) is 0 Å². The molecular weight excluding hydrogens is 272 g/mol. The maximum Gasteiger partial charge on any atom is 0.116 e. The molecule has 1 rings (SSSR count). The normalized spacial score (nSPS) is 8.18. The topological polar surface area (TPSA) is 45.8 Å². The van der Waals surface area contributed by atoms with Crippen molar-refractivity contribution in [3.63, 3.8) is 0 Å². The Balaban J connectivity index is -0.0000000991. The van der Waals surface area contributed by atoms with E-state index in [1.165, 1.54) is 25.3 Å². The third-order valence-electron chi connectivity index (χ3n) is 1.83. The summed E-state index contributed by atoms with van der Waals surface area (Å²) < 4.78 is 0. The average molecular weight is 315 g/mol. The minimum absolute atomic E-state index is 0.750. The number of H-pyrrole nitrogens is 1. The first-order valence-electron chi connectivity index (χ1n) is 8.72. The fourth-order valence-electron chi connectivity index (χ4n) is 1.05. The molecule has 1 aromatic rings. The number of nitrogens with zero attached hydrogens (tertiary/aromatic N) is 1. The van der Waals surface area contributed by atoms with Crippen LogP contribution in [0, 0.1) is 11.8 Å². The summed E-state index contributed by atoms with van der Waals surface area (Å²) in [5.74, 6) is 1.73. The number of nitrogens with one attached hydrogen (secondary N) is 1. The molecule has 0 saturated carbocycles. The molecule has 0 amide bonds. The summed E-state index contributed by atoms with van der Waals surface area (Å²) in [6.07, 6.45) is 8.26. The van der Waals surface area contributed by atoms with Crippen molar-refractivity contribution < 1.29 is 4.79 Å². The maximum absolute atomic E-state index is 8.81. The van der Waals surface area contributed by atoms with E-state index < -0.39 is 0 Å². The maximum atomic E-state index is 8.81. The molecule has 3 heteroatoms. The van der Waals surface area contributed by atoms with E-state index in [-0.39, 0.29) is 0 Å². The van der Waals surface area contributed by atoms with Crippen molar-refractivity contribution in [1.82, 2.24) is 10.2 Å². The molecule has 0 aliphatic rings. The Bertz CT molecular complexity index is 252. The summed E-state index contributed by atoms with van der Waals surface area (Å²) >= 11 is 0. The third kappa shape index (κ3) is 51.0. The second kappa shape index (κ2) is 28.1. The molecule has 0 spiro atoms. The zero-order valence-corrected chi connectivity index (χ0v) is 16.9. The van der Waals surface area contributed by atoms with Crippen molar-refractivity contribution in [3.8, 4) is 0 Å². The monoisotopic (exact) mass is 314 g/mol. The first kappa shape index (κ1) is 29.0. The quantitative estimate of drug-likeness (QED) is 0.664. The number of hydrogen-bond donors (Lipinski definition) is 1. The van der Waals surface area contributed by atoms with Crippen LogP contribution in [0.5, 0.6) is 0 Å². The van der Waals surface area contributed by atoms with Crippen LogP contribution in [-0.4, -0.2) is 16.5 Å². The first-order valence-corrected chi connectivity index (χ1v) is 8.72. The van der Waals surface area contributed by atoms with E-state index in [4.69, 9.17) is 4.79 Å². The molecule has 0 unspecified atom stereocenters. The number of rotatable bonds is 3. The third-order valence-corrected chi connectivity index (χ3v) is 1.83. The predicted octanol–water partition coefficient (Wildman–Crippen LogP) is 6.31. The lowest BCUT2D eigenvalue weighted by Gasteiger charge is -1.95. The number of carbonyl (C=O) groups is 1. The van der Waals surface area contributed by atoms with Gasteiger partial charge in [0.05, 0.1) is 6.20 Å². The summed E-state index contributed by atoms with van der Waals surface area (Å²) in [5.41, 5.74) is 1.26. The van der Waals surface area contributed by atoms with Crippen molar-refractivity contribution in [3.05, 3.63) is 18.0 Å². The minimum Gasteiger partial charge on any atom is -0.304 e. The Morgan fingerprint density at radius 2 is 1.55 bits per heavy atom. The minimum atomic E-state index is 0.750. The Labute approximate surface area is 140 Å². The Kier molecular flexibility index (Phi) is 37.0. The van der Waals surface area contributed by atoms with Gasteiger partial charge in [-0.05, 0) is 30.7 Å². The molecule has 0 aliphatic heterocycles. The number of aromatic nitrogens is 2. The summed E-state index contributed by atoms with van der Waals surface area (Å²) in [7, 11) is 0. The fourth-order valence-corrected chi connectivity index (χ4v) is 1.05. The van der Waals surface area contributed by atoms with Gasteiger partial charge in [0.15, 0.2) is 0 Å². The molecule has 0 aliphatic carbocycles. The van der Waals surface area contributed by atoms with E-state index in [1.807, 2.05) is 26.2 Å². The highest BCUT2D eigenvalue weighted by molar-refractivity contribution is 5.44. The van der Waals surface area contributed by atoms with Gasteiger partial charge in [-0.25, -0.2) is 0 Å². The zero-order valence-electron chi connectivity index (χ0n) is 16.9. The van der Waals surface area contributed by atoms with Gasteiger partial charge in [0.1, 0.15) is 6.29 Å². The average Bonchev–Trinajstić information content (AvgIpc) is 2.95. The van der Waals surface area contributed by atoms with Crippen molar-refractivity contribution >= 4 is 6.29 Å². The number of aromatic amines is 1. The molecule has 3 nitrogen and oxygen atoms in total. The van der Waals surface area contributed by atoms with Gasteiger partial charge in [-0.2, -0.15) is 5.10 Å². The molecule has 0 saturated heterocycles. The van der Waals surface area contributed by atoms with Gasteiger partial charge in [0, 0.05) is 6.20 Å². The highest BCUT2D eigenvalue weighted by atomic mass is 16.1. The van der Waals surface area contributed by atoms with Gasteiger partial charge in [-0.3, -0.25) is 5.10 Å². The molecular formula is C19H42N2O. The number of aryl methyl sites for hydroxylation is 1. The second-order valence-corrected chi connectivity index (χ2v) is 5.61. The van der Waals surface area contributed by atoms with Crippen LogP contribution in [0.2, 0.25) is 0 Å². The zero-order chi connectivity index (χ0) is 18.4. The van der Waals surface area contributed by atoms with Crippen LogP contribution in [0.3, 0.4) is 0 Å². The number of hydrogen-bond acceptors (Lipinski definition) is 2. The lowest BCUT2D eigenvalue weighted by Crippen LogP contribution is -1.81. The molecule has 0 aromatic carbocycles. The summed E-state index contributed by atoms with van der Waals surface area (Å²) in [4.78, 5) is 8.81. The van der Waals surface area contributed by atoms with Gasteiger partial charge in [-0.15, -0.1) is 0 Å². The Morgan fingerprint density at radius 3 is 1.64 bits per heavy atom. The second-order valence-electron chi connectivity index (χ2n) is 5.61. The van der Waals surface area contributed by atoms with Crippen LogP contribution >= 0.6 is 0 Å². The largest absolute Gasteiger partial charge is 0.304 e. The lowest BCUT2D eigenvalue weighted by atomic mass is 10.1. The van der Waals surface area contributed by atoms with Crippen LogP contribution in [0.25, 0.3) is 0 Å². The van der Waals surface area contributed by atoms with Crippen molar-refractivity contribution in [1.29, 1.82) is 0 Å². The molecule has 0 bridgehead atoms. The highest BCUT2D eigenvalue weighted by Crippen LogP contribution is 2.00. The number of carbonyl (C=O) groups excluding carboxylic acids is 1.